The summed E-state index contributed by atoms with van der Waals surface area (Å²) in [6, 6.07) is 10.4. The van der Waals surface area contributed by atoms with E-state index in [1.165, 1.54) is 10.2 Å². The zero-order valence-corrected chi connectivity index (χ0v) is 14.8. The van der Waals surface area contributed by atoms with Crippen LogP contribution in [-0.4, -0.2) is 22.4 Å². The number of nitrogens with zero attached hydrogens (tertiary/aromatic N) is 2. The third kappa shape index (κ3) is 2.63. The van der Waals surface area contributed by atoms with Crippen molar-refractivity contribution in [3.63, 3.8) is 0 Å². The summed E-state index contributed by atoms with van der Waals surface area (Å²) in [6.07, 6.45) is 6.43. The number of pyridine rings is 1. The fourth-order valence-electron chi connectivity index (χ4n) is 2.78. The Kier molecular flexibility index (Phi) is 3.67. The lowest BCUT2D eigenvalue weighted by atomic mass is 10.1. The average molecular weight is 372 g/mol. The van der Waals surface area contributed by atoms with Gasteiger partial charge in [-0.25, -0.2) is 17.4 Å². The normalized spacial score (nSPS) is 11.9. The number of H-pyrrole nitrogens is 1. The predicted octanol–water partition coefficient (Wildman–Crippen LogP) is 4.23. The molecule has 0 unspecified atom stereocenters. The molecule has 0 amide bonds. The lowest BCUT2D eigenvalue weighted by Gasteiger charge is -2.06. The molecule has 0 saturated carbocycles. The van der Waals surface area contributed by atoms with Crippen molar-refractivity contribution in [3.05, 3.63) is 71.8 Å². The number of rotatable bonds is 3. The van der Waals surface area contributed by atoms with Gasteiger partial charge in [0.1, 0.15) is 5.65 Å². The SMILES string of the molecule is Cc1ccc(S(=O)(=O)n2ccc(-c3c(Cl)cnc4[nH]ccc34)c2)cc1. The number of hydrogen-bond acceptors (Lipinski definition) is 3. The molecule has 0 saturated heterocycles. The van der Waals surface area contributed by atoms with Gasteiger partial charge in [0.25, 0.3) is 10.0 Å². The summed E-state index contributed by atoms with van der Waals surface area (Å²) in [5.41, 5.74) is 3.18. The Labute approximate surface area is 150 Å². The van der Waals surface area contributed by atoms with E-state index >= 15 is 0 Å². The van der Waals surface area contributed by atoms with Crippen LogP contribution in [0.2, 0.25) is 5.02 Å². The minimum Gasteiger partial charge on any atom is -0.346 e. The van der Waals surface area contributed by atoms with E-state index in [2.05, 4.69) is 9.97 Å². The zero-order valence-electron chi connectivity index (χ0n) is 13.3. The Bertz CT molecular complexity index is 1170. The summed E-state index contributed by atoms with van der Waals surface area (Å²) in [5, 5.41) is 1.32. The molecule has 5 nitrogen and oxygen atoms in total. The summed E-state index contributed by atoms with van der Waals surface area (Å²) < 4.78 is 26.8. The summed E-state index contributed by atoms with van der Waals surface area (Å²) in [6.45, 7) is 1.91. The minimum atomic E-state index is -3.65. The van der Waals surface area contributed by atoms with Gasteiger partial charge in [-0.3, -0.25) is 0 Å². The van der Waals surface area contributed by atoms with Crippen LogP contribution in [0, 0.1) is 6.92 Å². The van der Waals surface area contributed by atoms with Gasteiger partial charge in [-0.05, 0) is 31.2 Å². The van der Waals surface area contributed by atoms with Gasteiger partial charge in [0, 0.05) is 41.3 Å². The first kappa shape index (κ1) is 15.9. The first-order valence-corrected chi connectivity index (χ1v) is 9.41. The number of nitrogens with one attached hydrogen (secondary N) is 1. The molecule has 0 spiro atoms. The van der Waals surface area contributed by atoms with E-state index in [0.717, 1.165) is 16.5 Å². The van der Waals surface area contributed by atoms with Gasteiger partial charge in [-0.2, -0.15) is 0 Å². The van der Waals surface area contributed by atoms with Gasteiger partial charge in [0.05, 0.1) is 9.92 Å². The third-order valence-electron chi connectivity index (χ3n) is 4.09. The van der Waals surface area contributed by atoms with E-state index < -0.39 is 10.0 Å². The van der Waals surface area contributed by atoms with E-state index in [-0.39, 0.29) is 4.90 Å². The monoisotopic (exact) mass is 371 g/mol. The molecule has 0 bridgehead atoms. The molecule has 3 heterocycles. The molecule has 4 rings (SSSR count). The summed E-state index contributed by atoms with van der Waals surface area (Å²) >= 11 is 6.32. The smallest absolute Gasteiger partial charge is 0.267 e. The fourth-order valence-corrected chi connectivity index (χ4v) is 4.24. The van der Waals surface area contributed by atoms with Gasteiger partial charge >= 0.3 is 0 Å². The summed E-state index contributed by atoms with van der Waals surface area (Å²) in [4.78, 5) is 7.50. The Hall–Kier alpha value is -2.57. The first-order chi connectivity index (χ1) is 12.0. The molecule has 25 heavy (non-hydrogen) atoms. The first-order valence-electron chi connectivity index (χ1n) is 7.59. The van der Waals surface area contributed by atoms with Gasteiger partial charge in [-0.1, -0.05) is 29.3 Å². The highest BCUT2D eigenvalue weighted by molar-refractivity contribution is 7.90. The van der Waals surface area contributed by atoms with Crippen LogP contribution in [0.1, 0.15) is 5.56 Å². The second-order valence-electron chi connectivity index (χ2n) is 5.77. The van der Waals surface area contributed by atoms with Gasteiger partial charge in [0.15, 0.2) is 0 Å². The molecule has 4 aromatic rings. The van der Waals surface area contributed by atoms with Crippen molar-refractivity contribution in [2.24, 2.45) is 0 Å². The molecule has 0 aliphatic heterocycles. The van der Waals surface area contributed by atoms with Crippen molar-refractivity contribution in [1.82, 2.24) is 13.9 Å². The van der Waals surface area contributed by atoms with Crippen molar-refractivity contribution in [2.75, 3.05) is 0 Å². The Morgan fingerprint density at radius 2 is 1.88 bits per heavy atom. The predicted molar refractivity (Wildman–Crippen MR) is 98.3 cm³/mol. The summed E-state index contributed by atoms with van der Waals surface area (Å²) in [5.74, 6) is 0. The number of hydrogen-bond donors (Lipinski definition) is 1. The molecule has 0 radical (unpaired) electrons. The molecule has 126 valence electrons. The largest absolute Gasteiger partial charge is 0.346 e. The third-order valence-corrected chi connectivity index (χ3v) is 6.03. The number of aryl methyl sites for hydroxylation is 1. The molecular formula is C18H14ClN3O2S. The molecule has 0 atom stereocenters. The van der Waals surface area contributed by atoms with Crippen molar-refractivity contribution in [3.8, 4) is 11.1 Å². The van der Waals surface area contributed by atoms with Crippen LogP contribution >= 0.6 is 11.6 Å². The quantitative estimate of drug-likeness (QED) is 0.586. The molecule has 0 fully saturated rings. The van der Waals surface area contributed by atoms with E-state index in [0.29, 0.717) is 16.2 Å². The van der Waals surface area contributed by atoms with Crippen molar-refractivity contribution >= 4 is 32.7 Å². The number of fused-ring (bicyclic) bond motifs is 1. The maximum Gasteiger partial charge on any atom is 0.267 e. The highest BCUT2D eigenvalue weighted by Gasteiger charge is 2.18. The van der Waals surface area contributed by atoms with Crippen LogP contribution in [0.4, 0.5) is 0 Å². The van der Waals surface area contributed by atoms with Crippen molar-refractivity contribution in [2.45, 2.75) is 11.8 Å². The van der Waals surface area contributed by atoms with E-state index in [1.807, 2.05) is 13.0 Å². The van der Waals surface area contributed by atoms with Gasteiger partial charge in [-0.15, -0.1) is 0 Å². The standard InChI is InChI=1S/C18H14ClN3O2S/c1-12-2-4-14(5-3-12)25(23,24)22-9-7-13(11-22)17-15-6-8-20-18(15)21-10-16(17)19/h2-11H,1H3,(H,20,21). The van der Waals surface area contributed by atoms with E-state index in [1.54, 1.807) is 48.9 Å². The second kappa shape index (κ2) is 5.75. The van der Waals surface area contributed by atoms with Crippen LogP contribution in [0.3, 0.4) is 0 Å². The molecule has 3 aromatic heterocycles. The van der Waals surface area contributed by atoms with Crippen LogP contribution in [0.15, 0.2) is 66.1 Å². The molecule has 0 aliphatic rings. The molecule has 7 heteroatoms. The maximum atomic E-state index is 12.8. The fraction of sp³-hybridized carbons (Fsp3) is 0.0556. The van der Waals surface area contributed by atoms with Gasteiger partial charge in [0.2, 0.25) is 0 Å². The molecular weight excluding hydrogens is 358 g/mol. The lowest BCUT2D eigenvalue weighted by Crippen LogP contribution is -2.10. The second-order valence-corrected chi connectivity index (χ2v) is 8.02. The topological polar surface area (TPSA) is 67.8 Å². The number of benzene rings is 1. The Morgan fingerprint density at radius 1 is 1.12 bits per heavy atom. The van der Waals surface area contributed by atoms with Gasteiger partial charge < -0.3 is 4.98 Å². The highest BCUT2D eigenvalue weighted by atomic mass is 35.5. The maximum absolute atomic E-state index is 12.8. The minimum absolute atomic E-state index is 0.243. The van der Waals surface area contributed by atoms with Crippen LogP contribution in [0.25, 0.3) is 22.2 Å². The zero-order chi connectivity index (χ0) is 17.6. The van der Waals surface area contributed by atoms with Crippen LogP contribution in [0.5, 0.6) is 0 Å². The Balaban J connectivity index is 1.84. The average Bonchev–Trinajstić information content (AvgIpc) is 3.24. The number of aromatic nitrogens is 3. The van der Waals surface area contributed by atoms with E-state index in [9.17, 15) is 8.42 Å². The van der Waals surface area contributed by atoms with Crippen LogP contribution in [-0.2, 0) is 10.0 Å². The number of halogens is 1. The van der Waals surface area contributed by atoms with Crippen LogP contribution < -0.4 is 0 Å². The molecule has 0 aliphatic carbocycles. The molecule has 1 aromatic carbocycles. The van der Waals surface area contributed by atoms with E-state index in [4.69, 9.17) is 11.6 Å². The van der Waals surface area contributed by atoms with Crippen molar-refractivity contribution in [1.29, 1.82) is 0 Å². The highest BCUT2D eigenvalue weighted by Crippen LogP contribution is 2.34. The molecule has 1 N–H and O–H groups in total. The lowest BCUT2D eigenvalue weighted by molar-refractivity contribution is 0.587. The Morgan fingerprint density at radius 3 is 2.64 bits per heavy atom. The summed E-state index contributed by atoms with van der Waals surface area (Å²) in [7, 11) is -3.65. The van der Waals surface area contributed by atoms with Crippen molar-refractivity contribution < 1.29 is 8.42 Å². The number of aromatic amines is 1.